The second-order valence-electron chi connectivity index (χ2n) is 5.10. The molecule has 0 bridgehead atoms. The fourth-order valence-electron chi connectivity index (χ4n) is 2.04. The van der Waals surface area contributed by atoms with Gasteiger partial charge in [-0.3, -0.25) is 4.79 Å². The molecule has 4 heteroatoms. The third kappa shape index (κ3) is 4.45. The van der Waals surface area contributed by atoms with Crippen molar-refractivity contribution in [1.82, 2.24) is 0 Å². The second kappa shape index (κ2) is 7.41. The van der Waals surface area contributed by atoms with Gasteiger partial charge in [0.2, 0.25) is 5.91 Å². The number of aryl methyl sites for hydroxylation is 2. The molecule has 0 radical (unpaired) electrons. The smallest absolute Gasteiger partial charge is 0.337 e. The van der Waals surface area contributed by atoms with Crippen molar-refractivity contribution in [2.45, 2.75) is 19.8 Å². The van der Waals surface area contributed by atoms with Crippen LogP contribution in [0.3, 0.4) is 0 Å². The third-order valence-corrected chi connectivity index (χ3v) is 3.35. The predicted octanol–water partition coefficient (Wildman–Crippen LogP) is 3.35. The first-order valence-electron chi connectivity index (χ1n) is 7.12. The first-order chi connectivity index (χ1) is 10.6. The van der Waals surface area contributed by atoms with E-state index in [0.717, 1.165) is 5.56 Å². The Morgan fingerprint density at radius 3 is 2.23 bits per heavy atom. The molecular weight excluding hydrogens is 278 g/mol. The van der Waals surface area contributed by atoms with Crippen LogP contribution < -0.4 is 5.32 Å². The number of amides is 1. The molecule has 0 aliphatic rings. The Morgan fingerprint density at radius 1 is 1.00 bits per heavy atom. The van der Waals surface area contributed by atoms with Crippen molar-refractivity contribution >= 4 is 17.6 Å². The normalized spacial score (nSPS) is 10.1. The van der Waals surface area contributed by atoms with E-state index in [4.69, 9.17) is 0 Å². The number of rotatable bonds is 5. The van der Waals surface area contributed by atoms with E-state index in [0.29, 0.717) is 24.1 Å². The highest BCUT2D eigenvalue weighted by molar-refractivity contribution is 5.93. The summed E-state index contributed by atoms with van der Waals surface area (Å²) in [5.74, 6) is -0.441. The van der Waals surface area contributed by atoms with Gasteiger partial charge in [-0.05, 0) is 43.2 Å². The van der Waals surface area contributed by atoms with Gasteiger partial charge < -0.3 is 10.1 Å². The van der Waals surface area contributed by atoms with Gasteiger partial charge in [0.1, 0.15) is 0 Å². The Hall–Kier alpha value is -2.62. The van der Waals surface area contributed by atoms with Crippen molar-refractivity contribution in [3.63, 3.8) is 0 Å². The van der Waals surface area contributed by atoms with Crippen molar-refractivity contribution in [1.29, 1.82) is 0 Å². The highest BCUT2D eigenvalue weighted by Gasteiger charge is 2.06. The molecule has 0 aliphatic heterocycles. The lowest BCUT2D eigenvalue weighted by Crippen LogP contribution is -2.12. The van der Waals surface area contributed by atoms with E-state index in [-0.39, 0.29) is 5.91 Å². The summed E-state index contributed by atoms with van der Waals surface area (Å²) in [5, 5.41) is 2.82. The van der Waals surface area contributed by atoms with Gasteiger partial charge in [0.25, 0.3) is 0 Å². The summed E-state index contributed by atoms with van der Waals surface area (Å²) in [6.07, 6.45) is 1.12. The zero-order valence-electron chi connectivity index (χ0n) is 12.8. The van der Waals surface area contributed by atoms with E-state index >= 15 is 0 Å². The lowest BCUT2D eigenvalue weighted by atomic mass is 10.1. The summed E-state index contributed by atoms with van der Waals surface area (Å²) in [7, 11) is 1.34. The maximum absolute atomic E-state index is 11.9. The van der Waals surface area contributed by atoms with E-state index in [1.807, 2.05) is 31.2 Å². The molecule has 0 spiro atoms. The average Bonchev–Trinajstić information content (AvgIpc) is 2.54. The SMILES string of the molecule is COC(=O)c1ccc(NC(=O)CCc2ccc(C)cc2)cc1. The number of methoxy groups -OCH3 is 1. The molecule has 114 valence electrons. The number of benzene rings is 2. The van der Waals surface area contributed by atoms with Crippen molar-refractivity contribution in [3.8, 4) is 0 Å². The predicted molar refractivity (Wildman–Crippen MR) is 85.9 cm³/mol. The maximum atomic E-state index is 11.9. The molecule has 0 aromatic heterocycles. The van der Waals surface area contributed by atoms with E-state index in [1.54, 1.807) is 24.3 Å². The van der Waals surface area contributed by atoms with E-state index in [9.17, 15) is 9.59 Å². The molecule has 22 heavy (non-hydrogen) atoms. The van der Waals surface area contributed by atoms with Gasteiger partial charge in [-0.1, -0.05) is 29.8 Å². The molecule has 4 nitrogen and oxygen atoms in total. The molecule has 0 heterocycles. The van der Waals surface area contributed by atoms with Crippen molar-refractivity contribution < 1.29 is 14.3 Å². The first-order valence-corrected chi connectivity index (χ1v) is 7.12. The molecule has 1 amide bonds. The van der Waals surface area contributed by atoms with Crippen LogP contribution in [-0.2, 0) is 16.0 Å². The van der Waals surface area contributed by atoms with Crippen molar-refractivity contribution in [3.05, 3.63) is 65.2 Å². The van der Waals surface area contributed by atoms with E-state index in [1.165, 1.54) is 12.7 Å². The Kier molecular flexibility index (Phi) is 5.31. The molecule has 0 aliphatic carbocycles. The fourth-order valence-corrected chi connectivity index (χ4v) is 2.04. The summed E-state index contributed by atoms with van der Waals surface area (Å²) >= 11 is 0. The van der Waals surface area contributed by atoms with Crippen molar-refractivity contribution in [2.24, 2.45) is 0 Å². The topological polar surface area (TPSA) is 55.4 Å². The van der Waals surface area contributed by atoms with Gasteiger partial charge >= 0.3 is 5.97 Å². The molecule has 0 atom stereocenters. The molecule has 0 fully saturated rings. The van der Waals surface area contributed by atoms with Crippen LogP contribution in [0, 0.1) is 6.92 Å². The number of hydrogen-bond acceptors (Lipinski definition) is 3. The second-order valence-corrected chi connectivity index (χ2v) is 5.10. The van der Waals surface area contributed by atoms with Gasteiger partial charge in [0.05, 0.1) is 12.7 Å². The summed E-state index contributed by atoms with van der Waals surface area (Å²) in [6.45, 7) is 2.04. The monoisotopic (exact) mass is 297 g/mol. The quantitative estimate of drug-likeness (QED) is 0.861. The zero-order valence-corrected chi connectivity index (χ0v) is 12.8. The molecule has 1 N–H and O–H groups in total. The minimum absolute atomic E-state index is 0.0496. The number of hydrogen-bond donors (Lipinski definition) is 1. The zero-order chi connectivity index (χ0) is 15.9. The number of nitrogens with one attached hydrogen (secondary N) is 1. The number of carbonyl (C=O) groups is 2. The molecule has 2 aromatic carbocycles. The Morgan fingerprint density at radius 2 is 1.64 bits per heavy atom. The molecule has 2 rings (SSSR count). The van der Waals surface area contributed by atoms with Crippen LogP contribution in [0.25, 0.3) is 0 Å². The third-order valence-electron chi connectivity index (χ3n) is 3.35. The van der Waals surface area contributed by atoms with Gasteiger partial charge in [-0.15, -0.1) is 0 Å². The molecule has 0 saturated heterocycles. The number of ether oxygens (including phenoxy) is 1. The van der Waals surface area contributed by atoms with Crippen LogP contribution in [0.4, 0.5) is 5.69 Å². The summed E-state index contributed by atoms with van der Waals surface area (Å²) < 4.78 is 4.63. The van der Waals surface area contributed by atoms with Gasteiger partial charge in [-0.2, -0.15) is 0 Å². The Bertz CT molecular complexity index is 645. The summed E-state index contributed by atoms with van der Waals surface area (Å²) in [5.41, 5.74) is 3.47. The van der Waals surface area contributed by atoms with Gasteiger partial charge in [0, 0.05) is 12.1 Å². The number of esters is 1. The number of anilines is 1. The van der Waals surface area contributed by atoms with Gasteiger partial charge in [-0.25, -0.2) is 4.79 Å². The van der Waals surface area contributed by atoms with Crippen LogP contribution in [0.5, 0.6) is 0 Å². The molecule has 0 unspecified atom stereocenters. The fraction of sp³-hybridized carbons (Fsp3) is 0.222. The first kappa shape index (κ1) is 15.8. The highest BCUT2D eigenvalue weighted by atomic mass is 16.5. The largest absolute Gasteiger partial charge is 0.465 e. The highest BCUT2D eigenvalue weighted by Crippen LogP contribution is 2.12. The summed E-state index contributed by atoms with van der Waals surface area (Å²) in [4.78, 5) is 23.2. The minimum atomic E-state index is -0.391. The van der Waals surface area contributed by atoms with E-state index in [2.05, 4.69) is 10.1 Å². The van der Waals surface area contributed by atoms with Crippen LogP contribution >= 0.6 is 0 Å². The van der Waals surface area contributed by atoms with Crippen LogP contribution in [0.2, 0.25) is 0 Å². The Balaban J connectivity index is 1.86. The van der Waals surface area contributed by atoms with Crippen LogP contribution in [-0.4, -0.2) is 19.0 Å². The average molecular weight is 297 g/mol. The summed E-state index contributed by atoms with van der Waals surface area (Å²) in [6, 6.07) is 14.8. The Labute approximate surface area is 130 Å². The van der Waals surface area contributed by atoms with Crippen molar-refractivity contribution in [2.75, 3.05) is 12.4 Å². The molecular formula is C18H19NO3. The van der Waals surface area contributed by atoms with E-state index < -0.39 is 5.97 Å². The standard InChI is InChI=1S/C18H19NO3/c1-13-3-5-14(6-4-13)7-12-17(20)19-16-10-8-15(9-11-16)18(21)22-2/h3-6,8-11H,7,12H2,1-2H3,(H,19,20). The van der Waals surface area contributed by atoms with Crippen LogP contribution in [0.15, 0.2) is 48.5 Å². The van der Waals surface area contributed by atoms with Crippen LogP contribution in [0.1, 0.15) is 27.9 Å². The lowest BCUT2D eigenvalue weighted by Gasteiger charge is -2.06. The number of carbonyl (C=O) groups excluding carboxylic acids is 2. The molecule has 0 saturated carbocycles. The maximum Gasteiger partial charge on any atom is 0.337 e. The molecule has 2 aromatic rings. The minimum Gasteiger partial charge on any atom is -0.465 e. The van der Waals surface area contributed by atoms with Gasteiger partial charge in [0.15, 0.2) is 0 Å². The lowest BCUT2D eigenvalue weighted by molar-refractivity contribution is -0.116.